The van der Waals surface area contributed by atoms with Crippen LogP contribution in [0.25, 0.3) is 0 Å². The molecule has 1 aliphatic heterocycles. The lowest BCUT2D eigenvalue weighted by molar-refractivity contribution is 0.513. The van der Waals surface area contributed by atoms with Crippen LogP contribution < -0.4 is 10.6 Å². The predicted molar refractivity (Wildman–Crippen MR) is 63.3 cm³/mol. The van der Waals surface area contributed by atoms with Crippen LogP contribution in [0.1, 0.15) is 24.0 Å². The van der Waals surface area contributed by atoms with Gasteiger partial charge in [-0.05, 0) is 43.4 Å². The molecule has 1 heterocycles. The highest BCUT2D eigenvalue weighted by Crippen LogP contribution is 2.27. The van der Waals surface area contributed by atoms with Crippen LogP contribution in [0, 0.1) is 6.92 Å². The van der Waals surface area contributed by atoms with Crippen molar-refractivity contribution in [3.63, 3.8) is 0 Å². The average Bonchev–Trinajstić information content (AvgIpc) is 3.03. The molecular weight excluding hydrogens is 184 g/mol. The van der Waals surface area contributed by atoms with Crippen molar-refractivity contribution in [3.05, 3.63) is 29.3 Å². The zero-order valence-electron chi connectivity index (χ0n) is 9.22. The monoisotopic (exact) mass is 202 g/mol. The summed E-state index contributed by atoms with van der Waals surface area (Å²) in [6.45, 7) is 3.28. The minimum absolute atomic E-state index is 0.631. The summed E-state index contributed by atoms with van der Waals surface area (Å²) in [4.78, 5) is 0. The van der Waals surface area contributed by atoms with Gasteiger partial charge >= 0.3 is 0 Å². The molecule has 2 aliphatic rings. The average molecular weight is 202 g/mol. The van der Waals surface area contributed by atoms with Gasteiger partial charge in [0.25, 0.3) is 0 Å². The third-order valence-electron chi connectivity index (χ3n) is 3.45. The lowest BCUT2D eigenvalue weighted by Crippen LogP contribution is -2.41. The van der Waals surface area contributed by atoms with E-state index in [1.807, 2.05) is 0 Å². The SMILES string of the molecule is Cc1cccc2c1CC(NC1CC1)CN2. The molecule has 80 valence electrons. The molecule has 0 amide bonds. The number of aryl methyl sites for hydroxylation is 1. The van der Waals surface area contributed by atoms with Gasteiger partial charge in [-0.1, -0.05) is 12.1 Å². The van der Waals surface area contributed by atoms with E-state index in [0.29, 0.717) is 6.04 Å². The van der Waals surface area contributed by atoms with E-state index in [-0.39, 0.29) is 0 Å². The van der Waals surface area contributed by atoms with Crippen molar-refractivity contribution in [2.45, 2.75) is 38.3 Å². The fourth-order valence-electron chi connectivity index (χ4n) is 2.39. The van der Waals surface area contributed by atoms with Crippen molar-refractivity contribution in [2.24, 2.45) is 0 Å². The molecule has 1 saturated carbocycles. The molecule has 0 saturated heterocycles. The Kier molecular flexibility index (Phi) is 2.17. The van der Waals surface area contributed by atoms with Crippen LogP contribution >= 0.6 is 0 Å². The molecule has 0 aromatic heterocycles. The highest BCUT2D eigenvalue weighted by Gasteiger charge is 2.27. The fourth-order valence-corrected chi connectivity index (χ4v) is 2.39. The lowest BCUT2D eigenvalue weighted by Gasteiger charge is -2.28. The highest BCUT2D eigenvalue weighted by atomic mass is 15.0. The van der Waals surface area contributed by atoms with Gasteiger partial charge in [0.1, 0.15) is 0 Å². The van der Waals surface area contributed by atoms with Crippen molar-refractivity contribution in [3.8, 4) is 0 Å². The summed E-state index contributed by atoms with van der Waals surface area (Å²) >= 11 is 0. The quantitative estimate of drug-likeness (QED) is 0.767. The Balaban J connectivity index is 1.78. The standard InChI is InChI=1S/C13H18N2/c1-9-3-2-4-13-12(9)7-11(8-14-13)15-10-5-6-10/h2-4,10-11,14-15H,5-8H2,1H3. The maximum Gasteiger partial charge on any atom is 0.0376 e. The number of hydrogen-bond donors (Lipinski definition) is 2. The number of benzene rings is 1. The van der Waals surface area contributed by atoms with Gasteiger partial charge in [-0.2, -0.15) is 0 Å². The molecule has 3 rings (SSSR count). The maximum absolute atomic E-state index is 3.70. The molecule has 2 N–H and O–H groups in total. The Morgan fingerprint density at radius 3 is 2.93 bits per heavy atom. The van der Waals surface area contributed by atoms with E-state index in [1.165, 1.54) is 36.1 Å². The maximum atomic E-state index is 3.70. The fraction of sp³-hybridized carbons (Fsp3) is 0.538. The first-order valence-corrected chi connectivity index (χ1v) is 5.91. The van der Waals surface area contributed by atoms with E-state index in [9.17, 15) is 0 Å². The summed E-state index contributed by atoms with van der Waals surface area (Å²) in [5.41, 5.74) is 4.26. The van der Waals surface area contributed by atoms with E-state index in [4.69, 9.17) is 0 Å². The number of rotatable bonds is 2. The first kappa shape index (κ1) is 9.22. The second kappa shape index (κ2) is 3.53. The van der Waals surface area contributed by atoms with Gasteiger partial charge in [-0.3, -0.25) is 0 Å². The van der Waals surface area contributed by atoms with E-state index >= 15 is 0 Å². The molecule has 0 bridgehead atoms. The molecule has 2 nitrogen and oxygen atoms in total. The van der Waals surface area contributed by atoms with Crippen LogP contribution in [-0.4, -0.2) is 18.6 Å². The Labute approximate surface area is 91.1 Å². The topological polar surface area (TPSA) is 24.1 Å². The molecule has 1 fully saturated rings. The summed E-state index contributed by atoms with van der Waals surface area (Å²) in [5, 5.41) is 7.22. The van der Waals surface area contributed by atoms with Gasteiger partial charge in [-0.15, -0.1) is 0 Å². The van der Waals surface area contributed by atoms with Crippen molar-refractivity contribution >= 4 is 5.69 Å². The lowest BCUT2D eigenvalue weighted by atomic mass is 9.95. The molecule has 15 heavy (non-hydrogen) atoms. The van der Waals surface area contributed by atoms with Crippen molar-refractivity contribution in [1.29, 1.82) is 0 Å². The predicted octanol–water partition coefficient (Wildman–Crippen LogP) is 2.08. The summed E-state index contributed by atoms with van der Waals surface area (Å²) in [6, 6.07) is 7.97. The van der Waals surface area contributed by atoms with Gasteiger partial charge in [0.15, 0.2) is 0 Å². The van der Waals surface area contributed by atoms with Crippen LogP contribution in [0.5, 0.6) is 0 Å². The summed E-state index contributed by atoms with van der Waals surface area (Å²) in [7, 11) is 0. The first-order chi connectivity index (χ1) is 7.33. The Hall–Kier alpha value is -1.02. The highest BCUT2D eigenvalue weighted by molar-refractivity contribution is 5.56. The first-order valence-electron chi connectivity index (χ1n) is 5.91. The van der Waals surface area contributed by atoms with E-state index in [1.54, 1.807) is 0 Å². The van der Waals surface area contributed by atoms with Gasteiger partial charge in [-0.25, -0.2) is 0 Å². The normalized spacial score (nSPS) is 24.5. The Bertz CT molecular complexity index is 369. The van der Waals surface area contributed by atoms with E-state index in [2.05, 4.69) is 35.8 Å². The van der Waals surface area contributed by atoms with Crippen LogP contribution in [-0.2, 0) is 6.42 Å². The van der Waals surface area contributed by atoms with Crippen LogP contribution in [0.3, 0.4) is 0 Å². The van der Waals surface area contributed by atoms with Crippen LogP contribution in [0.2, 0.25) is 0 Å². The summed E-state index contributed by atoms with van der Waals surface area (Å²) < 4.78 is 0. The molecule has 1 aromatic carbocycles. The van der Waals surface area contributed by atoms with E-state index in [0.717, 1.165) is 12.6 Å². The second-order valence-corrected chi connectivity index (χ2v) is 4.82. The molecule has 1 aliphatic carbocycles. The van der Waals surface area contributed by atoms with Crippen molar-refractivity contribution in [2.75, 3.05) is 11.9 Å². The minimum atomic E-state index is 0.631. The van der Waals surface area contributed by atoms with Gasteiger partial charge in [0, 0.05) is 24.3 Å². The molecule has 0 radical (unpaired) electrons. The second-order valence-electron chi connectivity index (χ2n) is 4.82. The zero-order valence-corrected chi connectivity index (χ0v) is 9.22. The smallest absolute Gasteiger partial charge is 0.0376 e. The molecular formula is C13H18N2. The van der Waals surface area contributed by atoms with Gasteiger partial charge in [0.2, 0.25) is 0 Å². The van der Waals surface area contributed by atoms with Gasteiger partial charge < -0.3 is 10.6 Å². The molecule has 2 heteroatoms. The Morgan fingerprint density at radius 1 is 1.27 bits per heavy atom. The minimum Gasteiger partial charge on any atom is -0.383 e. The largest absolute Gasteiger partial charge is 0.383 e. The molecule has 1 unspecified atom stereocenters. The van der Waals surface area contributed by atoms with E-state index < -0.39 is 0 Å². The van der Waals surface area contributed by atoms with Gasteiger partial charge in [0.05, 0.1) is 0 Å². The molecule has 0 spiro atoms. The van der Waals surface area contributed by atoms with Crippen LogP contribution in [0.4, 0.5) is 5.69 Å². The van der Waals surface area contributed by atoms with Crippen molar-refractivity contribution < 1.29 is 0 Å². The van der Waals surface area contributed by atoms with Crippen molar-refractivity contribution in [1.82, 2.24) is 5.32 Å². The third-order valence-corrected chi connectivity index (χ3v) is 3.45. The Morgan fingerprint density at radius 2 is 2.13 bits per heavy atom. The number of fused-ring (bicyclic) bond motifs is 1. The molecule has 1 aromatic rings. The summed E-state index contributed by atoms with van der Waals surface area (Å²) in [6.07, 6.45) is 3.93. The number of nitrogens with one attached hydrogen (secondary N) is 2. The number of hydrogen-bond acceptors (Lipinski definition) is 2. The zero-order chi connectivity index (χ0) is 10.3. The molecule has 1 atom stereocenters. The number of anilines is 1. The third kappa shape index (κ3) is 1.86. The van der Waals surface area contributed by atoms with Crippen LogP contribution in [0.15, 0.2) is 18.2 Å². The summed E-state index contributed by atoms with van der Waals surface area (Å²) in [5.74, 6) is 0.